The number of hydrogen-bond donors (Lipinski definition) is 1. The molecule has 0 aromatic heterocycles. The summed E-state index contributed by atoms with van der Waals surface area (Å²) >= 11 is 0. The maximum atomic E-state index is 13.9. The summed E-state index contributed by atoms with van der Waals surface area (Å²) in [6.45, 7) is -0.0633. The molecule has 0 amide bonds. The topological polar surface area (TPSA) is 76.1 Å². The molecule has 8 heteroatoms. The Balaban J connectivity index is 2.45. The number of β-amino-alcohol motifs (C(OH)–C–C–N with tert-alkyl or cyclic N) is 1. The van der Waals surface area contributed by atoms with Gasteiger partial charge in [0.05, 0.1) is 20.3 Å². The van der Waals surface area contributed by atoms with Crippen molar-refractivity contribution in [2.45, 2.75) is 11.0 Å². The van der Waals surface area contributed by atoms with Crippen molar-refractivity contribution in [2.24, 2.45) is 0 Å². The van der Waals surface area contributed by atoms with Gasteiger partial charge in [0.1, 0.15) is 10.7 Å². The molecule has 1 aromatic rings. The Labute approximate surface area is 110 Å². The van der Waals surface area contributed by atoms with E-state index in [4.69, 9.17) is 14.6 Å². The molecule has 1 aliphatic heterocycles. The van der Waals surface area contributed by atoms with Crippen molar-refractivity contribution in [3.8, 4) is 11.5 Å². The highest BCUT2D eigenvalue weighted by atomic mass is 32.2. The van der Waals surface area contributed by atoms with E-state index < -0.39 is 26.8 Å². The first-order valence-electron chi connectivity index (χ1n) is 5.50. The minimum atomic E-state index is -3.96. The van der Waals surface area contributed by atoms with Crippen molar-refractivity contribution < 1.29 is 27.4 Å². The lowest BCUT2D eigenvalue weighted by molar-refractivity contribution is 0.0546. The van der Waals surface area contributed by atoms with Crippen LogP contribution in [-0.4, -0.2) is 51.2 Å². The number of methoxy groups -OCH3 is 2. The van der Waals surface area contributed by atoms with Crippen LogP contribution in [0.4, 0.5) is 4.39 Å². The molecule has 0 bridgehead atoms. The van der Waals surface area contributed by atoms with Crippen molar-refractivity contribution in [1.29, 1.82) is 0 Å². The highest BCUT2D eigenvalue weighted by Crippen LogP contribution is 2.34. The SMILES string of the molecule is COc1cc(F)c(S(=O)(=O)N2CC(O)C2)cc1OC. The number of nitrogens with zero attached hydrogens (tertiary/aromatic N) is 1. The minimum Gasteiger partial charge on any atom is -0.493 e. The summed E-state index contributed by atoms with van der Waals surface area (Å²) in [5.41, 5.74) is 0. The Bertz CT molecular complexity index is 583. The fraction of sp³-hybridized carbons (Fsp3) is 0.455. The predicted molar refractivity (Wildman–Crippen MR) is 64.3 cm³/mol. The molecule has 1 N–H and O–H groups in total. The van der Waals surface area contributed by atoms with Gasteiger partial charge in [0.25, 0.3) is 0 Å². The molecule has 1 saturated heterocycles. The summed E-state index contributed by atoms with van der Waals surface area (Å²) < 4.78 is 49.0. The summed E-state index contributed by atoms with van der Waals surface area (Å²) in [6.07, 6.45) is -0.696. The van der Waals surface area contributed by atoms with Gasteiger partial charge in [-0.1, -0.05) is 0 Å². The molecule has 2 rings (SSSR count). The normalized spacial score (nSPS) is 17.1. The number of hydrogen-bond acceptors (Lipinski definition) is 5. The van der Waals surface area contributed by atoms with Crippen LogP contribution in [-0.2, 0) is 10.0 Å². The fourth-order valence-corrected chi connectivity index (χ4v) is 3.36. The third kappa shape index (κ3) is 2.38. The number of aliphatic hydroxyl groups is 1. The summed E-state index contributed by atoms with van der Waals surface area (Å²) in [4.78, 5) is -0.489. The fourth-order valence-electron chi connectivity index (χ4n) is 1.79. The van der Waals surface area contributed by atoms with Crippen molar-refractivity contribution in [1.82, 2.24) is 4.31 Å². The van der Waals surface area contributed by atoms with Gasteiger partial charge in [0.2, 0.25) is 10.0 Å². The van der Waals surface area contributed by atoms with Gasteiger partial charge in [-0.05, 0) is 0 Å². The van der Waals surface area contributed by atoms with E-state index in [0.29, 0.717) is 0 Å². The molecule has 0 aliphatic carbocycles. The van der Waals surface area contributed by atoms with E-state index in [1.165, 1.54) is 14.2 Å². The van der Waals surface area contributed by atoms with Crippen LogP contribution in [0.2, 0.25) is 0 Å². The van der Waals surface area contributed by atoms with Gasteiger partial charge in [-0.25, -0.2) is 12.8 Å². The molecule has 0 unspecified atom stereocenters. The number of aliphatic hydroxyl groups excluding tert-OH is 1. The van der Waals surface area contributed by atoms with Crippen LogP contribution in [0.15, 0.2) is 17.0 Å². The molecule has 6 nitrogen and oxygen atoms in total. The summed E-state index contributed by atoms with van der Waals surface area (Å²) in [5, 5.41) is 9.14. The van der Waals surface area contributed by atoms with Crippen LogP contribution in [0.3, 0.4) is 0 Å². The highest BCUT2D eigenvalue weighted by Gasteiger charge is 2.37. The second kappa shape index (κ2) is 4.95. The Morgan fingerprint density at radius 1 is 1.26 bits per heavy atom. The third-order valence-corrected chi connectivity index (χ3v) is 4.73. The number of rotatable bonds is 4. The minimum absolute atomic E-state index is 0.0316. The largest absolute Gasteiger partial charge is 0.493 e. The average Bonchev–Trinajstić information content (AvgIpc) is 2.34. The van der Waals surface area contributed by atoms with Gasteiger partial charge < -0.3 is 14.6 Å². The molecule has 0 saturated carbocycles. The van der Waals surface area contributed by atoms with E-state index in [1.54, 1.807) is 0 Å². The van der Waals surface area contributed by atoms with E-state index in [9.17, 15) is 12.8 Å². The van der Waals surface area contributed by atoms with Crippen LogP contribution in [0.1, 0.15) is 0 Å². The standard InChI is InChI=1S/C11H14FNO5S/c1-17-9-3-8(12)11(4-10(9)18-2)19(15,16)13-5-7(14)6-13/h3-4,7,14H,5-6H2,1-2H3. The van der Waals surface area contributed by atoms with Crippen molar-refractivity contribution in [3.63, 3.8) is 0 Å². The molecule has 1 fully saturated rings. The maximum Gasteiger partial charge on any atom is 0.246 e. The van der Waals surface area contributed by atoms with Gasteiger partial charge in [-0.2, -0.15) is 4.31 Å². The molecular formula is C11H14FNO5S. The molecule has 1 aromatic carbocycles. The number of sulfonamides is 1. The van der Waals surface area contributed by atoms with Gasteiger partial charge in [0, 0.05) is 25.2 Å². The second-order valence-electron chi connectivity index (χ2n) is 4.11. The lowest BCUT2D eigenvalue weighted by atomic mass is 10.2. The monoisotopic (exact) mass is 291 g/mol. The Kier molecular flexibility index (Phi) is 3.66. The van der Waals surface area contributed by atoms with E-state index in [0.717, 1.165) is 16.4 Å². The van der Waals surface area contributed by atoms with Gasteiger partial charge in [-0.3, -0.25) is 0 Å². The van der Waals surface area contributed by atoms with Crippen LogP contribution in [0.5, 0.6) is 11.5 Å². The van der Waals surface area contributed by atoms with Crippen LogP contribution in [0, 0.1) is 5.82 Å². The maximum absolute atomic E-state index is 13.9. The van der Waals surface area contributed by atoms with Crippen molar-refractivity contribution in [2.75, 3.05) is 27.3 Å². The second-order valence-corrected chi connectivity index (χ2v) is 6.02. The first-order chi connectivity index (χ1) is 8.90. The molecule has 0 atom stereocenters. The van der Waals surface area contributed by atoms with Gasteiger partial charge >= 0.3 is 0 Å². The van der Waals surface area contributed by atoms with Gasteiger partial charge in [-0.15, -0.1) is 0 Å². The molecule has 0 radical (unpaired) electrons. The first kappa shape index (κ1) is 14.0. The smallest absolute Gasteiger partial charge is 0.246 e. The van der Waals surface area contributed by atoms with Gasteiger partial charge in [0.15, 0.2) is 11.5 Å². The zero-order valence-corrected chi connectivity index (χ0v) is 11.3. The third-order valence-electron chi connectivity index (χ3n) is 2.88. The summed E-state index contributed by atoms with van der Waals surface area (Å²) in [6, 6.07) is 2.04. The Morgan fingerprint density at radius 2 is 1.79 bits per heavy atom. The van der Waals surface area contributed by atoms with E-state index in [2.05, 4.69) is 0 Å². The first-order valence-corrected chi connectivity index (χ1v) is 6.94. The quantitative estimate of drug-likeness (QED) is 0.858. The zero-order chi connectivity index (χ0) is 14.2. The van der Waals surface area contributed by atoms with Crippen molar-refractivity contribution >= 4 is 10.0 Å². The number of benzene rings is 1. The summed E-state index contributed by atoms with van der Waals surface area (Å²) in [7, 11) is -1.30. The van der Waals surface area contributed by atoms with Crippen molar-refractivity contribution in [3.05, 3.63) is 17.9 Å². The van der Waals surface area contributed by atoms with E-state index >= 15 is 0 Å². The number of ether oxygens (including phenoxy) is 2. The molecule has 1 aliphatic rings. The molecule has 1 heterocycles. The molecule has 0 spiro atoms. The van der Waals surface area contributed by atoms with Crippen LogP contribution >= 0.6 is 0 Å². The molecular weight excluding hydrogens is 277 g/mol. The Hall–Kier alpha value is -1.38. The van der Waals surface area contributed by atoms with Crippen LogP contribution in [0.25, 0.3) is 0 Å². The Morgan fingerprint density at radius 3 is 2.26 bits per heavy atom. The van der Waals surface area contributed by atoms with Crippen LogP contribution < -0.4 is 9.47 Å². The molecule has 106 valence electrons. The highest BCUT2D eigenvalue weighted by molar-refractivity contribution is 7.89. The lowest BCUT2D eigenvalue weighted by Gasteiger charge is -2.34. The lowest BCUT2D eigenvalue weighted by Crippen LogP contribution is -2.53. The van der Waals surface area contributed by atoms with E-state index in [-0.39, 0.29) is 24.6 Å². The number of halogens is 1. The average molecular weight is 291 g/mol. The predicted octanol–water partition coefficient (Wildman–Crippen LogP) is 0.208. The summed E-state index contributed by atoms with van der Waals surface area (Å²) in [5.74, 6) is -0.676. The zero-order valence-electron chi connectivity index (χ0n) is 10.5. The van der Waals surface area contributed by atoms with E-state index in [1.807, 2.05) is 0 Å². The molecule has 19 heavy (non-hydrogen) atoms.